The number of ether oxygens (including phenoxy) is 1. The first kappa shape index (κ1) is 16.4. The van der Waals surface area contributed by atoms with Gasteiger partial charge in [0.25, 0.3) is 0 Å². The zero-order chi connectivity index (χ0) is 15.7. The summed E-state index contributed by atoms with van der Waals surface area (Å²) in [6.45, 7) is -1.45. The lowest BCUT2D eigenvalue weighted by Gasteiger charge is -2.14. The monoisotopic (exact) mass is 342 g/mol. The van der Waals surface area contributed by atoms with E-state index in [9.17, 15) is 21.6 Å². The lowest BCUT2D eigenvalue weighted by Crippen LogP contribution is -2.20. The largest absolute Gasteiger partial charge is 0.484 e. The van der Waals surface area contributed by atoms with E-state index in [1.165, 1.54) is 12.1 Å². The quantitative estimate of drug-likeness (QED) is 0.830. The van der Waals surface area contributed by atoms with Gasteiger partial charge in [-0.25, -0.2) is 8.42 Å². The van der Waals surface area contributed by atoms with Gasteiger partial charge in [0.2, 0.25) is 0 Å². The van der Waals surface area contributed by atoms with Crippen LogP contribution in [-0.4, -0.2) is 26.5 Å². The Kier molecular flexibility index (Phi) is 4.72. The van der Waals surface area contributed by atoms with Crippen LogP contribution in [0.3, 0.4) is 0 Å². The molecule has 0 aliphatic heterocycles. The molecule has 0 N–H and O–H groups in total. The molecule has 0 aromatic heterocycles. The molecule has 0 saturated heterocycles. The highest BCUT2D eigenvalue weighted by molar-refractivity contribution is 7.92. The van der Waals surface area contributed by atoms with E-state index < -0.39 is 27.9 Å². The molecule has 0 radical (unpaired) electrons. The standard InChI is InChI=1S/C13H14ClF3O3S/c14-11-7-9(20-8-13(15,16)17)5-6-12(11)21(18,19)10-3-1-2-4-10/h5-7,10H,1-4,8H2. The predicted molar refractivity (Wildman–Crippen MR) is 72.4 cm³/mol. The molecule has 0 spiro atoms. The van der Waals surface area contributed by atoms with E-state index >= 15 is 0 Å². The molecule has 21 heavy (non-hydrogen) atoms. The second-order valence-electron chi connectivity index (χ2n) is 4.95. The van der Waals surface area contributed by atoms with Crippen LogP contribution >= 0.6 is 11.6 Å². The van der Waals surface area contributed by atoms with E-state index in [0.29, 0.717) is 12.8 Å². The number of benzene rings is 1. The third-order valence-corrected chi connectivity index (χ3v) is 6.10. The SMILES string of the molecule is O=S(=O)(c1ccc(OCC(F)(F)F)cc1Cl)C1CCCC1. The zero-order valence-corrected chi connectivity index (χ0v) is 12.6. The van der Waals surface area contributed by atoms with Crippen LogP contribution in [0.2, 0.25) is 5.02 Å². The van der Waals surface area contributed by atoms with Gasteiger partial charge in [0.15, 0.2) is 16.4 Å². The molecule has 1 aliphatic rings. The maximum atomic E-state index is 12.4. The van der Waals surface area contributed by atoms with Gasteiger partial charge in [-0.2, -0.15) is 13.2 Å². The lowest BCUT2D eigenvalue weighted by molar-refractivity contribution is -0.153. The molecule has 1 fully saturated rings. The van der Waals surface area contributed by atoms with Gasteiger partial charge in [-0.15, -0.1) is 0 Å². The molecule has 2 rings (SSSR count). The summed E-state index contributed by atoms with van der Waals surface area (Å²) >= 11 is 5.90. The molecule has 1 aromatic rings. The van der Waals surface area contributed by atoms with Gasteiger partial charge < -0.3 is 4.74 Å². The number of alkyl halides is 3. The van der Waals surface area contributed by atoms with Crippen molar-refractivity contribution >= 4 is 21.4 Å². The summed E-state index contributed by atoms with van der Waals surface area (Å²) < 4.78 is 65.5. The van der Waals surface area contributed by atoms with Crippen molar-refractivity contribution in [3.05, 3.63) is 23.2 Å². The minimum absolute atomic E-state index is 0.0459. The first-order valence-electron chi connectivity index (χ1n) is 6.43. The first-order valence-corrected chi connectivity index (χ1v) is 8.35. The van der Waals surface area contributed by atoms with E-state index in [1.54, 1.807) is 0 Å². The molecular weight excluding hydrogens is 329 g/mol. The average Bonchev–Trinajstić information content (AvgIpc) is 2.89. The maximum absolute atomic E-state index is 12.4. The smallest absolute Gasteiger partial charge is 0.422 e. The summed E-state index contributed by atoms with van der Waals surface area (Å²) in [5, 5.41) is -0.571. The molecule has 0 unspecified atom stereocenters. The van der Waals surface area contributed by atoms with E-state index in [4.69, 9.17) is 11.6 Å². The van der Waals surface area contributed by atoms with Gasteiger partial charge in [0.05, 0.1) is 15.2 Å². The Morgan fingerprint density at radius 2 is 1.86 bits per heavy atom. The molecule has 0 atom stereocenters. The van der Waals surface area contributed by atoms with E-state index in [1.807, 2.05) is 0 Å². The Balaban J connectivity index is 2.19. The minimum atomic E-state index is -4.46. The van der Waals surface area contributed by atoms with Crippen molar-refractivity contribution in [1.82, 2.24) is 0 Å². The van der Waals surface area contributed by atoms with Crippen molar-refractivity contribution in [2.45, 2.75) is 42.0 Å². The summed E-state index contributed by atoms with van der Waals surface area (Å²) in [4.78, 5) is -0.0459. The summed E-state index contributed by atoms with van der Waals surface area (Å²) in [6, 6.07) is 3.51. The van der Waals surface area contributed by atoms with Crippen LogP contribution in [0, 0.1) is 0 Å². The number of hydrogen-bond donors (Lipinski definition) is 0. The van der Waals surface area contributed by atoms with Gasteiger partial charge in [-0.1, -0.05) is 24.4 Å². The Morgan fingerprint density at radius 3 is 2.38 bits per heavy atom. The maximum Gasteiger partial charge on any atom is 0.422 e. The second-order valence-corrected chi connectivity index (χ2v) is 7.55. The van der Waals surface area contributed by atoms with Crippen LogP contribution in [0.5, 0.6) is 5.75 Å². The van der Waals surface area contributed by atoms with Crippen LogP contribution < -0.4 is 4.74 Å². The van der Waals surface area contributed by atoms with Crippen molar-refractivity contribution in [3.8, 4) is 5.75 Å². The van der Waals surface area contributed by atoms with E-state index in [-0.39, 0.29) is 15.7 Å². The van der Waals surface area contributed by atoms with Crippen molar-refractivity contribution in [1.29, 1.82) is 0 Å². The van der Waals surface area contributed by atoms with E-state index in [0.717, 1.165) is 18.9 Å². The van der Waals surface area contributed by atoms with Crippen molar-refractivity contribution in [2.24, 2.45) is 0 Å². The summed E-state index contributed by atoms with van der Waals surface area (Å²) in [7, 11) is -3.54. The molecule has 118 valence electrons. The fourth-order valence-corrected chi connectivity index (χ4v) is 4.74. The van der Waals surface area contributed by atoms with Gasteiger partial charge in [-0.05, 0) is 25.0 Å². The Hall–Kier alpha value is -0.950. The topological polar surface area (TPSA) is 43.4 Å². The number of sulfone groups is 1. The van der Waals surface area contributed by atoms with Crippen LogP contribution in [-0.2, 0) is 9.84 Å². The fourth-order valence-electron chi connectivity index (χ4n) is 2.35. The van der Waals surface area contributed by atoms with Crippen LogP contribution in [0.25, 0.3) is 0 Å². The molecule has 8 heteroatoms. The Morgan fingerprint density at radius 1 is 1.24 bits per heavy atom. The summed E-state index contributed by atoms with van der Waals surface area (Å²) in [5.74, 6) is -0.109. The van der Waals surface area contributed by atoms with Gasteiger partial charge >= 0.3 is 6.18 Å². The molecule has 1 aromatic carbocycles. The molecule has 0 heterocycles. The fraction of sp³-hybridized carbons (Fsp3) is 0.538. The molecule has 0 bridgehead atoms. The van der Waals surface area contributed by atoms with Crippen LogP contribution in [0.4, 0.5) is 13.2 Å². The van der Waals surface area contributed by atoms with Gasteiger partial charge in [0, 0.05) is 6.07 Å². The highest BCUT2D eigenvalue weighted by Crippen LogP contribution is 2.34. The second kappa shape index (κ2) is 6.04. The van der Waals surface area contributed by atoms with Crippen LogP contribution in [0.1, 0.15) is 25.7 Å². The first-order chi connectivity index (χ1) is 9.70. The summed E-state index contributed by atoms with van der Waals surface area (Å²) in [6.07, 6.45) is -1.57. The third-order valence-electron chi connectivity index (χ3n) is 3.35. The van der Waals surface area contributed by atoms with Gasteiger partial charge in [0.1, 0.15) is 5.75 Å². The highest BCUT2D eigenvalue weighted by atomic mass is 35.5. The van der Waals surface area contributed by atoms with Gasteiger partial charge in [-0.3, -0.25) is 0 Å². The predicted octanol–water partition coefficient (Wildman–Crippen LogP) is 4.00. The van der Waals surface area contributed by atoms with Crippen molar-refractivity contribution < 1.29 is 26.3 Å². The average molecular weight is 343 g/mol. The summed E-state index contributed by atoms with van der Waals surface area (Å²) in [5.41, 5.74) is 0. The third kappa shape index (κ3) is 4.03. The number of hydrogen-bond acceptors (Lipinski definition) is 3. The molecule has 3 nitrogen and oxygen atoms in total. The number of rotatable bonds is 4. The molecule has 0 amide bonds. The van der Waals surface area contributed by atoms with Crippen molar-refractivity contribution in [2.75, 3.05) is 6.61 Å². The zero-order valence-electron chi connectivity index (χ0n) is 11.0. The molecule has 1 saturated carbocycles. The Labute approximate surface area is 126 Å². The minimum Gasteiger partial charge on any atom is -0.484 e. The van der Waals surface area contributed by atoms with Crippen molar-refractivity contribution in [3.63, 3.8) is 0 Å². The lowest BCUT2D eigenvalue weighted by atomic mass is 10.3. The molecular formula is C13H14ClF3O3S. The normalized spacial score (nSPS) is 17.1. The van der Waals surface area contributed by atoms with E-state index in [2.05, 4.69) is 4.74 Å². The highest BCUT2D eigenvalue weighted by Gasteiger charge is 2.32. The number of halogens is 4. The van der Waals surface area contributed by atoms with Crippen LogP contribution in [0.15, 0.2) is 23.1 Å². The Bertz CT molecular complexity index is 608. The molecule has 1 aliphatic carbocycles.